The molecule has 1 aliphatic rings. The second-order valence-electron chi connectivity index (χ2n) is 5.17. The Morgan fingerprint density at radius 1 is 1.44 bits per heavy atom. The van der Waals surface area contributed by atoms with Crippen molar-refractivity contribution in [3.8, 4) is 0 Å². The highest BCUT2D eigenvalue weighted by Gasteiger charge is 2.35. The van der Waals surface area contributed by atoms with Gasteiger partial charge in [0.05, 0.1) is 0 Å². The maximum atomic E-state index is 12.2. The van der Waals surface area contributed by atoms with Crippen LogP contribution in [0.2, 0.25) is 0 Å². The summed E-state index contributed by atoms with van der Waals surface area (Å²) in [4.78, 5) is 15.4. The van der Waals surface area contributed by atoms with Crippen LogP contribution in [0.4, 0.5) is 0 Å². The van der Waals surface area contributed by atoms with Crippen LogP contribution in [-0.4, -0.2) is 24.8 Å². The maximum absolute atomic E-state index is 12.2. The molecule has 0 atom stereocenters. The SMILES string of the molecule is CN(C)C=C1CC(C)(C)c2sccc2C1=O. The number of hydrogen-bond donors (Lipinski definition) is 0. The van der Waals surface area contributed by atoms with E-state index in [2.05, 4.69) is 13.8 Å². The van der Waals surface area contributed by atoms with Gasteiger partial charge in [-0.1, -0.05) is 13.8 Å². The van der Waals surface area contributed by atoms with E-state index in [9.17, 15) is 4.79 Å². The summed E-state index contributed by atoms with van der Waals surface area (Å²) in [6.45, 7) is 4.41. The predicted molar refractivity (Wildman–Crippen MR) is 68.1 cm³/mol. The van der Waals surface area contributed by atoms with Crippen LogP contribution in [-0.2, 0) is 5.41 Å². The summed E-state index contributed by atoms with van der Waals surface area (Å²) in [5.41, 5.74) is 1.90. The first-order valence-corrected chi connectivity index (χ1v) is 6.29. The molecular weight excluding hydrogens is 218 g/mol. The molecule has 0 aromatic carbocycles. The van der Waals surface area contributed by atoms with Gasteiger partial charge >= 0.3 is 0 Å². The highest BCUT2D eigenvalue weighted by molar-refractivity contribution is 7.10. The molecule has 0 spiro atoms. The van der Waals surface area contributed by atoms with Crippen molar-refractivity contribution in [3.05, 3.63) is 33.7 Å². The zero-order valence-electron chi connectivity index (χ0n) is 10.2. The number of ketones is 1. The second-order valence-corrected chi connectivity index (χ2v) is 6.09. The molecule has 86 valence electrons. The molecule has 0 unspecified atom stereocenters. The fraction of sp³-hybridized carbons (Fsp3) is 0.462. The second kappa shape index (κ2) is 3.74. The van der Waals surface area contributed by atoms with Gasteiger partial charge in [0.25, 0.3) is 0 Å². The molecule has 2 rings (SSSR count). The van der Waals surface area contributed by atoms with Crippen LogP contribution < -0.4 is 0 Å². The van der Waals surface area contributed by atoms with Crippen LogP contribution in [0.5, 0.6) is 0 Å². The first-order chi connectivity index (χ1) is 7.42. The van der Waals surface area contributed by atoms with Crippen molar-refractivity contribution in [2.45, 2.75) is 25.7 Å². The van der Waals surface area contributed by atoms with Crippen molar-refractivity contribution < 1.29 is 4.79 Å². The summed E-state index contributed by atoms with van der Waals surface area (Å²) in [5.74, 6) is 0.198. The van der Waals surface area contributed by atoms with E-state index in [1.807, 2.05) is 36.6 Å². The van der Waals surface area contributed by atoms with Crippen molar-refractivity contribution >= 4 is 17.1 Å². The Labute approximate surface area is 101 Å². The third kappa shape index (κ3) is 1.80. The fourth-order valence-electron chi connectivity index (χ4n) is 2.24. The van der Waals surface area contributed by atoms with Gasteiger partial charge in [0.15, 0.2) is 5.78 Å². The van der Waals surface area contributed by atoms with Gasteiger partial charge in [0.2, 0.25) is 0 Å². The van der Waals surface area contributed by atoms with E-state index in [-0.39, 0.29) is 11.2 Å². The molecule has 0 saturated carbocycles. The van der Waals surface area contributed by atoms with Crippen molar-refractivity contribution in [3.63, 3.8) is 0 Å². The number of allylic oxidation sites excluding steroid dienone is 1. The lowest BCUT2D eigenvalue weighted by Gasteiger charge is -2.31. The molecule has 0 amide bonds. The Balaban J connectivity index is 2.50. The first-order valence-electron chi connectivity index (χ1n) is 5.41. The summed E-state index contributed by atoms with van der Waals surface area (Å²) in [6.07, 6.45) is 2.78. The van der Waals surface area contributed by atoms with Gasteiger partial charge in [-0.25, -0.2) is 0 Å². The van der Waals surface area contributed by atoms with E-state index < -0.39 is 0 Å². The number of carbonyl (C=O) groups excluding carboxylic acids is 1. The molecule has 3 heteroatoms. The number of carbonyl (C=O) groups is 1. The molecule has 0 bridgehead atoms. The van der Waals surface area contributed by atoms with Crippen LogP contribution in [0.3, 0.4) is 0 Å². The van der Waals surface area contributed by atoms with Crippen LogP contribution in [0.15, 0.2) is 23.2 Å². The maximum Gasteiger partial charge on any atom is 0.191 e. The van der Waals surface area contributed by atoms with E-state index in [0.717, 1.165) is 17.6 Å². The average Bonchev–Trinajstić information content (AvgIpc) is 2.61. The fourth-order valence-corrected chi connectivity index (χ4v) is 3.26. The molecule has 0 fully saturated rings. The highest BCUT2D eigenvalue weighted by Crippen LogP contribution is 2.42. The largest absolute Gasteiger partial charge is 0.383 e. The van der Waals surface area contributed by atoms with Crippen LogP contribution in [0.25, 0.3) is 0 Å². The van der Waals surface area contributed by atoms with Gasteiger partial charge in [-0.15, -0.1) is 11.3 Å². The van der Waals surface area contributed by atoms with Crippen molar-refractivity contribution in [1.82, 2.24) is 4.90 Å². The molecule has 0 N–H and O–H groups in total. The monoisotopic (exact) mass is 235 g/mol. The minimum Gasteiger partial charge on any atom is -0.383 e. The Morgan fingerprint density at radius 2 is 2.12 bits per heavy atom. The predicted octanol–water partition coefficient (Wildman–Crippen LogP) is 3.06. The van der Waals surface area contributed by atoms with E-state index in [4.69, 9.17) is 0 Å². The van der Waals surface area contributed by atoms with E-state index >= 15 is 0 Å². The third-order valence-electron chi connectivity index (χ3n) is 2.86. The van der Waals surface area contributed by atoms with Gasteiger partial charge in [-0.3, -0.25) is 4.79 Å². The van der Waals surface area contributed by atoms with E-state index in [1.54, 1.807) is 11.3 Å². The molecule has 1 heterocycles. The van der Waals surface area contributed by atoms with Gasteiger partial charge in [-0.05, 0) is 17.9 Å². The van der Waals surface area contributed by atoms with Crippen LogP contribution >= 0.6 is 11.3 Å². The number of nitrogens with zero attached hydrogens (tertiary/aromatic N) is 1. The van der Waals surface area contributed by atoms with Gasteiger partial charge in [0.1, 0.15) is 0 Å². The van der Waals surface area contributed by atoms with Crippen molar-refractivity contribution in [1.29, 1.82) is 0 Å². The number of fused-ring (bicyclic) bond motifs is 1. The molecule has 1 aliphatic carbocycles. The highest BCUT2D eigenvalue weighted by atomic mass is 32.1. The summed E-state index contributed by atoms with van der Waals surface area (Å²) < 4.78 is 0. The molecule has 0 saturated heterocycles. The summed E-state index contributed by atoms with van der Waals surface area (Å²) >= 11 is 1.70. The minimum atomic E-state index is 0.0826. The molecule has 1 aromatic rings. The number of thiophene rings is 1. The summed E-state index contributed by atoms with van der Waals surface area (Å²) in [5, 5.41) is 2.02. The molecule has 0 radical (unpaired) electrons. The van der Waals surface area contributed by atoms with Gasteiger partial charge < -0.3 is 4.90 Å². The van der Waals surface area contributed by atoms with Crippen LogP contribution in [0, 0.1) is 0 Å². The molecule has 2 nitrogen and oxygen atoms in total. The zero-order valence-corrected chi connectivity index (χ0v) is 11.0. The lowest BCUT2D eigenvalue weighted by atomic mass is 9.75. The molecule has 0 aliphatic heterocycles. The molecular formula is C13H17NOS. The zero-order chi connectivity index (χ0) is 11.9. The first kappa shape index (κ1) is 11.4. The number of rotatable bonds is 1. The van der Waals surface area contributed by atoms with Gasteiger partial charge in [0, 0.05) is 41.7 Å². The van der Waals surface area contributed by atoms with E-state index in [1.165, 1.54) is 4.88 Å². The summed E-state index contributed by atoms with van der Waals surface area (Å²) in [6, 6.07) is 1.95. The van der Waals surface area contributed by atoms with Crippen molar-refractivity contribution in [2.75, 3.05) is 14.1 Å². The Bertz CT molecular complexity index is 454. The smallest absolute Gasteiger partial charge is 0.191 e. The lowest BCUT2D eigenvalue weighted by molar-refractivity contribution is 0.101. The Morgan fingerprint density at radius 3 is 2.75 bits per heavy atom. The normalized spacial score (nSPS) is 21.0. The van der Waals surface area contributed by atoms with E-state index in [0.29, 0.717) is 0 Å². The Hall–Kier alpha value is -1.09. The molecule has 16 heavy (non-hydrogen) atoms. The lowest BCUT2D eigenvalue weighted by Crippen LogP contribution is -2.28. The number of hydrogen-bond acceptors (Lipinski definition) is 3. The van der Waals surface area contributed by atoms with Gasteiger partial charge in [-0.2, -0.15) is 0 Å². The number of Topliss-reactive ketones (excluding diaryl/α,β-unsaturated/α-hetero) is 1. The third-order valence-corrected chi connectivity index (χ3v) is 4.14. The Kier molecular flexibility index (Phi) is 2.66. The topological polar surface area (TPSA) is 20.3 Å². The average molecular weight is 235 g/mol. The molecule has 1 aromatic heterocycles. The van der Waals surface area contributed by atoms with Crippen molar-refractivity contribution in [2.24, 2.45) is 0 Å². The minimum absolute atomic E-state index is 0.0826. The quantitative estimate of drug-likeness (QED) is 0.697. The summed E-state index contributed by atoms with van der Waals surface area (Å²) in [7, 11) is 3.91. The standard InChI is InChI=1S/C13H17NOS/c1-13(2)7-9(8-14(3)4)11(15)10-5-6-16-12(10)13/h5-6,8H,7H2,1-4H3. The van der Waals surface area contributed by atoms with Crippen LogP contribution in [0.1, 0.15) is 35.5 Å².